The van der Waals surface area contributed by atoms with Crippen LogP contribution in [0.1, 0.15) is 26.2 Å². The lowest BCUT2D eigenvalue weighted by Gasteiger charge is -2.23. The highest BCUT2D eigenvalue weighted by molar-refractivity contribution is 5.87. The van der Waals surface area contributed by atoms with E-state index in [-0.39, 0.29) is 5.78 Å². The van der Waals surface area contributed by atoms with Crippen molar-refractivity contribution in [1.29, 1.82) is 0 Å². The van der Waals surface area contributed by atoms with Crippen molar-refractivity contribution in [1.82, 2.24) is 0 Å². The minimum absolute atomic E-state index is 0.1000. The molecule has 0 aromatic rings. The van der Waals surface area contributed by atoms with Crippen LogP contribution in [0.15, 0.2) is 0 Å². The van der Waals surface area contributed by atoms with Crippen LogP contribution >= 0.6 is 0 Å². The maximum atomic E-state index is 11.2. The number of carbonyl (C=O) groups is 1. The standard InChI is InChI=1S/C9H12O2/c1-3-6-9(2)7(10)4-5-8(9)11/h1,7,10H,4-6H2,2H3/t7-,9-/m0/s1. The molecule has 1 aliphatic carbocycles. The molecular weight excluding hydrogens is 140 g/mol. The van der Waals surface area contributed by atoms with Gasteiger partial charge in [0.25, 0.3) is 0 Å². The Kier molecular flexibility index (Phi) is 2.01. The lowest BCUT2D eigenvalue weighted by Crippen LogP contribution is -2.32. The molecule has 0 bridgehead atoms. The Morgan fingerprint density at radius 2 is 2.55 bits per heavy atom. The summed E-state index contributed by atoms with van der Waals surface area (Å²) in [5.74, 6) is 2.53. The average molecular weight is 152 g/mol. The number of rotatable bonds is 1. The van der Waals surface area contributed by atoms with Crippen LogP contribution in [0.2, 0.25) is 0 Å². The molecular formula is C9H12O2. The van der Waals surface area contributed by atoms with E-state index in [1.54, 1.807) is 6.92 Å². The van der Waals surface area contributed by atoms with Gasteiger partial charge in [-0.3, -0.25) is 4.79 Å². The first-order valence-corrected chi connectivity index (χ1v) is 3.76. The van der Waals surface area contributed by atoms with Crippen LogP contribution in [0.3, 0.4) is 0 Å². The third kappa shape index (κ3) is 1.17. The number of Topliss-reactive ketones (excluding diaryl/α,β-unsaturated/α-hetero) is 1. The molecule has 60 valence electrons. The van der Waals surface area contributed by atoms with Crippen LogP contribution < -0.4 is 0 Å². The molecule has 0 aliphatic heterocycles. The first kappa shape index (κ1) is 8.29. The monoisotopic (exact) mass is 152 g/mol. The maximum absolute atomic E-state index is 11.2. The van der Waals surface area contributed by atoms with E-state index >= 15 is 0 Å². The Morgan fingerprint density at radius 3 is 2.91 bits per heavy atom. The molecule has 11 heavy (non-hydrogen) atoms. The van der Waals surface area contributed by atoms with Crippen molar-refractivity contribution in [3.05, 3.63) is 0 Å². The molecule has 2 nitrogen and oxygen atoms in total. The fourth-order valence-electron chi connectivity index (χ4n) is 1.49. The summed E-state index contributed by atoms with van der Waals surface area (Å²) in [5, 5.41) is 9.43. The van der Waals surface area contributed by atoms with Crippen molar-refractivity contribution in [2.45, 2.75) is 32.3 Å². The topological polar surface area (TPSA) is 37.3 Å². The van der Waals surface area contributed by atoms with Gasteiger partial charge >= 0.3 is 0 Å². The van der Waals surface area contributed by atoms with Gasteiger partial charge in [-0.1, -0.05) is 0 Å². The van der Waals surface area contributed by atoms with Gasteiger partial charge in [-0.2, -0.15) is 0 Å². The average Bonchev–Trinajstić information content (AvgIpc) is 2.19. The molecule has 2 heteroatoms. The van der Waals surface area contributed by atoms with E-state index in [0.717, 1.165) is 0 Å². The molecule has 1 saturated carbocycles. The van der Waals surface area contributed by atoms with Crippen LogP contribution in [0.5, 0.6) is 0 Å². The molecule has 1 fully saturated rings. The zero-order valence-electron chi connectivity index (χ0n) is 6.63. The Morgan fingerprint density at radius 1 is 1.91 bits per heavy atom. The van der Waals surface area contributed by atoms with E-state index in [0.29, 0.717) is 19.3 Å². The minimum Gasteiger partial charge on any atom is -0.392 e. The quantitative estimate of drug-likeness (QED) is 0.563. The van der Waals surface area contributed by atoms with E-state index in [1.165, 1.54) is 0 Å². The van der Waals surface area contributed by atoms with Crippen LogP contribution in [0, 0.1) is 17.8 Å². The Bertz CT molecular complexity index is 214. The molecule has 1 aliphatic rings. The number of carbonyl (C=O) groups excluding carboxylic acids is 1. The third-order valence-electron chi connectivity index (χ3n) is 2.49. The van der Waals surface area contributed by atoms with Gasteiger partial charge in [0.05, 0.1) is 11.5 Å². The smallest absolute Gasteiger partial charge is 0.142 e. The minimum atomic E-state index is -0.658. The van der Waals surface area contributed by atoms with Gasteiger partial charge in [-0.25, -0.2) is 0 Å². The summed E-state index contributed by atoms with van der Waals surface area (Å²) in [6.07, 6.45) is 5.96. The van der Waals surface area contributed by atoms with E-state index < -0.39 is 11.5 Å². The van der Waals surface area contributed by atoms with Gasteiger partial charge in [0.15, 0.2) is 0 Å². The molecule has 0 saturated heterocycles. The molecule has 0 radical (unpaired) electrons. The number of aliphatic hydroxyl groups excluding tert-OH is 1. The Hall–Kier alpha value is -0.810. The molecule has 0 aromatic carbocycles. The van der Waals surface area contributed by atoms with Crippen molar-refractivity contribution < 1.29 is 9.90 Å². The van der Waals surface area contributed by atoms with Crippen molar-refractivity contribution >= 4 is 5.78 Å². The summed E-state index contributed by atoms with van der Waals surface area (Å²) in [4.78, 5) is 11.2. The third-order valence-corrected chi connectivity index (χ3v) is 2.49. The highest BCUT2D eigenvalue weighted by Crippen LogP contribution is 2.37. The van der Waals surface area contributed by atoms with Crippen LogP contribution in [-0.2, 0) is 4.79 Å². The molecule has 0 spiro atoms. The molecule has 0 unspecified atom stereocenters. The van der Waals surface area contributed by atoms with Crippen LogP contribution in [0.25, 0.3) is 0 Å². The second-order valence-corrected chi connectivity index (χ2v) is 3.28. The van der Waals surface area contributed by atoms with Crippen molar-refractivity contribution in [3.8, 4) is 12.3 Å². The van der Waals surface area contributed by atoms with Crippen molar-refractivity contribution in [2.24, 2.45) is 5.41 Å². The summed E-state index contributed by atoms with van der Waals surface area (Å²) >= 11 is 0. The predicted molar refractivity (Wildman–Crippen MR) is 41.8 cm³/mol. The van der Waals surface area contributed by atoms with E-state index in [4.69, 9.17) is 6.42 Å². The first-order chi connectivity index (χ1) is 5.11. The van der Waals surface area contributed by atoms with Gasteiger partial charge < -0.3 is 5.11 Å². The largest absolute Gasteiger partial charge is 0.392 e. The fourth-order valence-corrected chi connectivity index (χ4v) is 1.49. The lowest BCUT2D eigenvalue weighted by molar-refractivity contribution is -0.127. The summed E-state index contributed by atoms with van der Waals surface area (Å²) in [7, 11) is 0. The number of hydrogen-bond donors (Lipinski definition) is 1. The SMILES string of the molecule is C#CC[C@]1(C)C(=O)CC[C@@H]1O. The molecule has 1 N–H and O–H groups in total. The van der Waals surface area contributed by atoms with Gasteiger partial charge in [-0.05, 0) is 13.3 Å². The molecule has 2 atom stereocenters. The predicted octanol–water partition coefficient (Wildman–Crippen LogP) is 0.740. The van der Waals surface area contributed by atoms with E-state index in [2.05, 4.69) is 5.92 Å². The number of aliphatic hydroxyl groups is 1. The van der Waals surface area contributed by atoms with Crippen molar-refractivity contribution in [2.75, 3.05) is 0 Å². The van der Waals surface area contributed by atoms with Gasteiger partial charge in [0.1, 0.15) is 5.78 Å². The summed E-state index contributed by atoms with van der Waals surface area (Å²) in [6, 6.07) is 0. The Balaban J connectivity index is 2.81. The Labute approximate surface area is 66.6 Å². The molecule has 0 aromatic heterocycles. The zero-order chi connectivity index (χ0) is 8.48. The summed E-state index contributed by atoms with van der Waals surface area (Å²) in [6.45, 7) is 1.74. The van der Waals surface area contributed by atoms with Crippen molar-refractivity contribution in [3.63, 3.8) is 0 Å². The van der Waals surface area contributed by atoms with E-state index in [1.807, 2.05) is 0 Å². The van der Waals surface area contributed by atoms with Gasteiger partial charge in [0, 0.05) is 12.8 Å². The normalized spacial score (nSPS) is 37.2. The molecule has 0 amide bonds. The second kappa shape index (κ2) is 2.67. The fraction of sp³-hybridized carbons (Fsp3) is 0.667. The second-order valence-electron chi connectivity index (χ2n) is 3.28. The molecule has 1 rings (SSSR count). The van der Waals surface area contributed by atoms with Crippen LogP contribution in [-0.4, -0.2) is 17.0 Å². The van der Waals surface area contributed by atoms with E-state index in [9.17, 15) is 9.90 Å². The summed E-state index contributed by atoms with van der Waals surface area (Å²) < 4.78 is 0. The van der Waals surface area contributed by atoms with Gasteiger partial charge in [0.2, 0.25) is 0 Å². The first-order valence-electron chi connectivity index (χ1n) is 3.76. The summed E-state index contributed by atoms with van der Waals surface area (Å²) in [5.41, 5.74) is -0.658. The van der Waals surface area contributed by atoms with Gasteiger partial charge in [-0.15, -0.1) is 12.3 Å². The highest BCUT2D eigenvalue weighted by Gasteiger charge is 2.44. The molecule has 0 heterocycles. The van der Waals surface area contributed by atoms with Crippen LogP contribution in [0.4, 0.5) is 0 Å². The number of terminal acetylenes is 1. The number of ketones is 1. The lowest BCUT2D eigenvalue weighted by atomic mass is 9.82. The maximum Gasteiger partial charge on any atom is 0.142 e. The zero-order valence-corrected chi connectivity index (χ0v) is 6.63. The number of hydrogen-bond acceptors (Lipinski definition) is 2. The highest BCUT2D eigenvalue weighted by atomic mass is 16.3.